The first-order valence-corrected chi connectivity index (χ1v) is 39.4. The maximum absolute atomic E-state index is 9.96. The summed E-state index contributed by atoms with van der Waals surface area (Å²) in [6, 6.07) is 115. The quantitative estimate of drug-likeness (QED) is 0.120. The third-order valence-electron chi connectivity index (χ3n) is 24.0. The van der Waals surface area contributed by atoms with Crippen LogP contribution in [0.15, 0.2) is 370 Å². The molecule has 0 saturated carbocycles. The highest BCUT2D eigenvalue weighted by atomic mass is 15.2. The molecule has 113 heavy (non-hydrogen) atoms. The molecule has 0 bridgehead atoms. The van der Waals surface area contributed by atoms with E-state index in [-0.39, 0.29) is 44.7 Å². The fourth-order valence-electron chi connectivity index (χ4n) is 18.4. The Balaban J connectivity index is 0.968. The van der Waals surface area contributed by atoms with Crippen molar-refractivity contribution in [1.82, 2.24) is 4.57 Å². The molecule has 0 radical (unpaired) electrons. The van der Waals surface area contributed by atoms with Crippen molar-refractivity contribution in [3.8, 4) is 83.6 Å². The van der Waals surface area contributed by atoms with Crippen LogP contribution < -0.4 is 26.2 Å². The lowest BCUT2D eigenvalue weighted by Crippen LogP contribution is -2.61. The highest BCUT2D eigenvalue weighted by molar-refractivity contribution is 7.00. The van der Waals surface area contributed by atoms with Gasteiger partial charge in [0.15, 0.2) is 0 Å². The third kappa shape index (κ3) is 11.2. The summed E-state index contributed by atoms with van der Waals surface area (Å²) in [4.78, 5) is 5.12. The van der Waals surface area contributed by atoms with E-state index in [4.69, 9.17) is 2.74 Å². The zero-order valence-corrected chi connectivity index (χ0v) is 65.0. The summed E-state index contributed by atoms with van der Waals surface area (Å²) in [5, 5.41) is 0.0188. The fourth-order valence-corrected chi connectivity index (χ4v) is 18.4. The molecule has 0 spiro atoms. The maximum atomic E-state index is 9.96. The van der Waals surface area contributed by atoms with Gasteiger partial charge < -0.3 is 14.4 Å². The van der Waals surface area contributed by atoms with Crippen LogP contribution in [0.2, 0.25) is 0 Å². The number of anilines is 6. The number of rotatable bonds is 11. The summed E-state index contributed by atoms with van der Waals surface area (Å²) >= 11 is 0. The summed E-state index contributed by atoms with van der Waals surface area (Å²) in [7, 11) is 0. The molecule has 17 aromatic rings. The summed E-state index contributed by atoms with van der Waals surface area (Å²) < 4.78 is 78.0. The highest BCUT2D eigenvalue weighted by Crippen LogP contribution is 2.61. The number of fused-ring (bicyclic) bond motifs is 10. The molecule has 0 amide bonds. The average Bonchev–Trinajstić information content (AvgIpc) is 1.68. The van der Waals surface area contributed by atoms with Crippen molar-refractivity contribution >= 4 is 79.0 Å². The Hall–Kier alpha value is -13.0. The lowest BCUT2D eigenvalue weighted by molar-refractivity contribution is 0.590. The molecule has 1 unspecified atom stereocenters. The van der Waals surface area contributed by atoms with Crippen LogP contribution in [-0.2, 0) is 21.7 Å². The van der Waals surface area contributed by atoms with Crippen molar-refractivity contribution < 1.29 is 11.0 Å². The Morgan fingerprint density at radius 2 is 0.664 bits per heavy atom. The number of para-hydroxylation sites is 2. The molecule has 0 N–H and O–H groups in total. The Kier molecular flexibility index (Phi) is 14.3. The van der Waals surface area contributed by atoms with E-state index in [1.165, 1.54) is 22.3 Å². The van der Waals surface area contributed by atoms with Crippen molar-refractivity contribution in [2.45, 2.75) is 84.0 Å². The average molecular weight is 1460 g/mol. The molecule has 3 nitrogen and oxygen atoms in total. The smallest absolute Gasteiger partial charge is 0.252 e. The van der Waals surface area contributed by atoms with Crippen LogP contribution in [0, 0.1) is 0 Å². The first-order chi connectivity index (χ1) is 58.3. The number of benzene rings is 16. The van der Waals surface area contributed by atoms with Crippen LogP contribution in [0.25, 0.3) is 105 Å². The van der Waals surface area contributed by atoms with Gasteiger partial charge in [0, 0.05) is 61.5 Å². The van der Waals surface area contributed by atoms with Crippen LogP contribution >= 0.6 is 0 Å². The second-order valence-corrected chi connectivity index (χ2v) is 33.7. The SMILES string of the molecule is [2H]c1c([2H])c([2H])c2c(c1[2H])c1c([2H])c([2H])c([2H])c([2H])c1n2-c1ccc2c(c1)N(c1c(-c3ccccc3)cc(C(C)(C)C)cc1-c1ccccc1)c1cc(C(C)(C)C)cc3c1B2c1ccc(-c2cccc4c2C(c2ccccc2)(c2ccc(-c5ccccc5)cc2)c2ccccc2-4)cc1N3c1c(-c2ccccc2)cc(C(C)(C)C)cc1-c1ccccc1. The van der Waals surface area contributed by atoms with Crippen molar-refractivity contribution in [2.75, 3.05) is 9.80 Å². The van der Waals surface area contributed by atoms with E-state index in [0.717, 1.165) is 145 Å². The third-order valence-corrected chi connectivity index (χ3v) is 24.0. The van der Waals surface area contributed by atoms with E-state index in [1.54, 1.807) is 4.57 Å². The van der Waals surface area contributed by atoms with Gasteiger partial charge in [0.25, 0.3) is 6.71 Å². The van der Waals surface area contributed by atoms with Crippen molar-refractivity contribution in [2.24, 2.45) is 0 Å². The van der Waals surface area contributed by atoms with Crippen LogP contribution in [-0.4, -0.2) is 11.3 Å². The van der Waals surface area contributed by atoms with Gasteiger partial charge in [-0.15, -0.1) is 0 Å². The molecule has 542 valence electrons. The van der Waals surface area contributed by atoms with E-state index < -0.39 is 53.8 Å². The minimum absolute atomic E-state index is 0.00942. The molecule has 20 rings (SSSR count). The van der Waals surface area contributed by atoms with Crippen LogP contribution in [0.5, 0.6) is 0 Å². The van der Waals surface area contributed by atoms with Gasteiger partial charge in [0.05, 0.1) is 38.8 Å². The molecule has 16 aromatic carbocycles. The largest absolute Gasteiger partial charge is 0.310 e. The maximum Gasteiger partial charge on any atom is 0.252 e. The van der Waals surface area contributed by atoms with E-state index in [9.17, 15) is 8.22 Å². The molecule has 3 aliphatic rings. The zero-order valence-electron chi connectivity index (χ0n) is 73.0. The summed E-state index contributed by atoms with van der Waals surface area (Å²) in [6.45, 7) is 20.1. The molecule has 4 heteroatoms. The van der Waals surface area contributed by atoms with Gasteiger partial charge in [-0.05, 0) is 194 Å². The molecule has 2 aliphatic heterocycles. The predicted octanol–water partition coefficient (Wildman–Crippen LogP) is 27.1. The van der Waals surface area contributed by atoms with Gasteiger partial charge in [0.2, 0.25) is 0 Å². The molecular weight excluding hydrogens is 1360 g/mol. The topological polar surface area (TPSA) is 11.4 Å². The van der Waals surface area contributed by atoms with Crippen LogP contribution in [0.4, 0.5) is 34.1 Å². The Labute approximate surface area is 676 Å². The summed E-state index contributed by atoms with van der Waals surface area (Å²) in [5.74, 6) is 0. The van der Waals surface area contributed by atoms with Crippen LogP contribution in [0.1, 0.15) is 112 Å². The number of aromatic nitrogens is 1. The monoisotopic (exact) mass is 1460 g/mol. The van der Waals surface area contributed by atoms with Gasteiger partial charge in [-0.1, -0.05) is 365 Å². The molecule has 0 saturated heterocycles. The molecule has 0 fully saturated rings. The second kappa shape index (κ2) is 26.6. The van der Waals surface area contributed by atoms with Gasteiger partial charge in [-0.2, -0.15) is 0 Å². The molecule has 1 aliphatic carbocycles. The van der Waals surface area contributed by atoms with Gasteiger partial charge >= 0.3 is 0 Å². The van der Waals surface area contributed by atoms with E-state index in [1.807, 2.05) is 6.07 Å². The van der Waals surface area contributed by atoms with Gasteiger partial charge in [0.1, 0.15) is 0 Å². The summed E-state index contributed by atoms with van der Waals surface area (Å²) in [5.41, 5.74) is 30.1. The molecule has 3 heterocycles. The highest BCUT2D eigenvalue weighted by Gasteiger charge is 2.50. The van der Waals surface area contributed by atoms with Gasteiger partial charge in [-0.25, -0.2) is 0 Å². The van der Waals surface area contributed by atoms with E-state index >= 15 is 0 Å². The molecule has 1 atom stereocenters. The predicted molar refractivity (Wildman–Crippen MR) is 481 cm³/mol. The Bertz CT molecular complexity index is 6900. The Morgan fingerprint density at radius 3 is 1.14 bits per heavy atom. The van der Waals surface area contributed by atoms with Crippen molar-refractivity contribution in [3.63, 3.8) is 0 Å². The second-order valence-electron chi connectivity index (χ2n) is 33.7. The normalized spacial score (nSPS) is 15.2. The zero-order chi connectivity index (χ0) is 83.6. The van der Waals surface area contributed by atoms with Crippen LogP contribution in [0.3, 0.4) is 0 Å². The number of hydrogen-bond donors (Lipinski definition) is 0. The Morgan fingerprint density at radius 1 is 0.292 bits per heavy atom. The lowest BCUT2D eigenvalue weighted by atomic mass is 9.33. The first-order valence-electron chi connectivity index (χ1n) is 43.4. The minimum Gasteiger partial charge on any atom is -0.310 e. The standard InChI is InChI=1S/C109H88BN3/c1-106(2,3)80-64-89(73-37-18-11-19-38-73)104(90(65-80)74-39-20-12-21-40-74)112-98-63-77(84-50-34-51-88-85-47-28-31-52-93(85)109(102(84)88,78-45-26-15-27-46-78)79-58-55-72(56-59-79)71-35-16-10-17-36-71)57-61-94(98)110-95-62-60-83(111-96-53-32-29-48-86(96)87-49-30-33-54-97(87)111)70-99(95)113(101-69-82(108(7,8)9)68-100(112)103(101)110)105-91(75-41-22-13-23-42-75)66-81(107(4,5)6)67-92(105)76-43-24-14-25-44-76/h10-70H,1-9H3/i29D,30D,32D,33D,48D,49D,53D,54D. The fraction of sp³-hybridized carbons (Fsp3) is 0.119. The van der Waals surface area contributed by atoms with Crippen molar-refractivity contribution in [3.05, 3.63) is 409 Å². The lowest BCUT2D eigenvalue weighted by Gasteiger charge is -2.47. The van der Waals surface area contributed by atoms with E-state index in [2.05, 4.69) is 388 Å². The minimum atomic E-state index is -0.813. The first kappa shape index (κ1) is 60.8. The van der Waals surface area contributed by atoms with Crippen molar-refractivity contribution in [1.29, 1.82) is 0 Å². The van der Waals surface area contributed by atoms with Gasteiger partial charge in [-0.3, -0.25) is 0 Å². The molecule has 1 aromatic heterocycles. The summed E-state index contributed by atoms with van der Waals surface area (Å²) in [6.07, 6.45) is 0. The number of hydrogen-bond acceptors (Lipinski definition) is 2. The van der Waals surface area contributed by atoms with E-state index in [0.29, 0.717) is 5.69 Å². The number of nitrogens with zero attached hydrogens (tertiary/aromatic N) is 3. The molecular formula is C109H88BN3.